The van der Waals surface area contributed by atoms with E-state index in [4.69, 9.17) is 40.0 Å². The molecule has 0 bridgehead atoms. The Hall–Kier alpha value is -2.60. The molecule has 3 aliphatic heterocycles. The average Bonchev–Trinajstić information content (AvgIpc) is 3.87. The molecule has 6 rings (SSSR count). The number of anilines is 1. The summed E-state index contributed by atoms with van der Waals surface area (Å²) in [5.74, 6) is 1.81. The van der Waals surface area contributed by atoms with E-state index in [9.17, 15) is 0 Å². The predicted octanol–water partition coefficient (Wildman–Crippen LogP) is 6.21. The molecule has 3 fully saturated rings. The lowest BCUT2D eigenvalue weighted by Crippen LogP contribution is -2.47. The molecule has 11 nitrogen and oxygen atoms in total. The van der Waals surface area contributed by atoms with Crippen molar-refractivity contribution in [2.45, 2.75) is 130 Å². The molecule has 256 valence electrons. The van der Waals surface area contributed by atoms with Crippen LogP contribution in [0.5, 0.6) is 0 Å². The lowest BCUT2D eigenvalue weighted by Gasteiger charge is -2.39. The van der Waals surface area contributed by atoms with Crippen LogP contribution < -0.4 is 10.6 Å². The number of rotatable bonds is 12. The van der Waals surface area contributed by atoms with Crippen molar-refractivity contribution >= 4 is 16.9 Å². The number of likely N-dealkylation sites (N-methyl/N-ethyl adjacent to an activating group) is 1. The standard InChI is InChI=1S/C33H52N8O3.C2H6/c1-6-8-12-26-28(38-44-29(26)33(15-9-7-2)42-17-18-43-33)30-35-31(40-20-22(3)13-14-24(40)19-34)27-23(4)37-41(32(27)36-30)21-25-11-10-16-39(25)5;1-2/h22,24-25H,6-21,34H2,1-5H3;1-2H3/t22?,24-,25?;/m1./s1. The summed E-state index contributed by atoms with van der Waals surface area (Å²) in [6.45, 7) is 17.3. The van der Waals surface area contributed by atoms with Gasteiger partial charge in [-0.05, 0) is 71.4 Å². The Bertz CT molecular complexity index is 1410. The van der Waals surface area contributed by atoms with Crippen molar-refractivity contribution in [1.29, 1.82) is 0 Å². The van der Waals surface area contributed by atoms with Crippen molar-refractivity contribution in [1.82, 2.24) is 29.8 Å². The van der Waals surface area contributed by atoms with Crippen molar-refractivity contribution in [3.05, 3.63) is 17.0 Å². The molecule has 6 heterocycles. The maximum Gasteiger partial charge on any atom is 0.231 e. The van der Waals surface area contributed by atoms with Crippen molar-refractivity contribution in [3.8, 4) is 11.5 Å². The molecule has 11 heteroatoms. The number of ether oxygens (including phenoxy) is 2. The van der Waals surface area contributed by atoms with Gasteiger partial charge in [-0.2, -0.15) is 5.10 Å². The Morgan fingerprint density at radius 3 is 2.43 bits per heavy atom. The third-order valence-electron chi connectivity index (χ3n) is 10.0. The minimum Gasteiger partial charge on any atom is -0.355 e. The summed E-state index contributed by atoms with van der Waals surface area (Å²) in [5.41, 5.74) is 9.87. The molecule has 0 saturated carbocycles. The van der Waals surface area contributed by atoms with Crippen LogP contribution in [-0.2, 0) is 28.2 Å². The number of aryl methyl sites for hydroxylation is 1. The zero-order chi connectivity index (χ0) is 32.8. The number of nitrogens with two attached hydrogens (primary N) is 1. The van der Waals surface area contributed by atoms with Crippen LogP contribution in [0.1, 0.15) is 109 Å². The number of hydrogen-bond donors (Lipinski definition) is 1. The van der Waals surface area contributed by atoms with Gasteiger partial charge in [0.2, 0.25) is 5.79 Å². The van der Waals surface area contributed by atoms with Crippen LogP contribution >= 0.6 is 0 Å². The van der Waals surface area contributed by atoms with Gasteiger partial charge in [-0.1, -0.05) is 52.6 Å². The highest BCUT2D eigenvalue weighted by Gasteiger charge is 2.45. The van der Waals surface area contributed by atoms with E-state index < -0.39 is 5.79 Å². The first kappa shape index (κ1) is 34.7. The molecule has 2 N–H and O–H groups in total. The topological polar surface area (TPSA) is 121 Å². The molecule has 3 aromatic heterocycles. The van der Waals surface area contributed by atoms with E-state index in [0.717, 1.165) is 99.1 Å². The quantitative estimate of drug-likeness (QED) is 0.245. The molecule has 0 spiro atoms. The number of hydrogen-bond acceptors (Lipinski definition) is 10. The highest BCUT2D eigenvalue weighted by atomic mass is 16.7. The summed E-state index contributed by atoms with van der Waals surface area (Å²) in [4.78, 5) is 15.4. The largest absolute Gasteiger partial charge is 0.355 e. The Morgan fingerprint density at radius 2 is 1.76 bits per heavy atom. The molecule has 0 aliphatic carbocycles. The third kappa shape index (κ3) is 6.84. The van der Waals surface area contributed by atoms with Gasteiger partial charge in [0.1, 0.15) is 5.82 Å². The van der Waals surface area contributed by atoms with E-state index in [0.29, 0.717) is 49.0 Å². The Labute approximate surface area is 275 Å². The molecule has 3 atom stereocenters. The summed E-state index contributed by atoms with van der Waals surface area (Å²) >= 11 is 0. The van der Waals surface area contributed by atoms with Crippen LogP contribution in [0.25, 0.3) is 22.6 Å². The van der Waals surface area contributed by atoms with Crippen LogP contribution in [0.15, 0.2) is 4.52 Å². The Kier molecular flexibility index (Phi) is 11.7. The van der Waals surface area contributed by atoms with Gasteiger partial charge in [0.25, 0.3) is 0 Å². The first-order valence-corrected chi connectivity index (χ1v) is 18.1. The summed E-state index contributed by atoms with van der Waals surface area (Å²) in [6, 6.07) is 0.644. The SMILES string of the molecule is CC.CCCCc1c(-c2nc(N3CC(C)CC[C@@H]3CN)c3c(C)nn(CC4CCCN4C)c3n2)noc1C1(CCCC)OCCO1. The molecule has 3 saturated heterocycles. The monoisotopic (exact) mass is 638 g/mol. The van der Waals surface area contributed by atoms with Gasteiger partial charge < -0.3 is 29.5 Å². The van der Waals surface area contributed by atoms with Crippen LogP contribution in [0.2, 0.25) is 0 Å². The van der Waals surface area contributed by atoms with Crippen LogP contribution in [0.4, 0.5) is 5.82 Å². The van der Waals surface area contributed by atoms with Gasteiger partial charge >= 0.3 is 0 Å². The van der Waals surface area contributed by atoms with Crippen molar-refractivity contribution in [2.24, 2.45) is 11.7 Å². The molecule has 0 aromatic carbocycles. The second-order valence-corrected chi connectivity index (χ2v) is 13.3. The number of fused-ring (bicyclic) bond motifs is 1. The molecule has 46 heavy (non-hydrogen) atoms. The van der Waals surface area contributed by atoms with Crippen LogP contribution in [0, 0.1) is 12.8 Å². The normalized spacial score (nSPS) is 23.3. The third-order valence-corrected chi connectivity index (χ3v) is 10.0. The van der Waals surface area contributed by atoms with Gasteiger partial charge in [0, 0.05) is 37.2 Å². The molecular formula is C35H58N8O3. The first-order chi connectivity index (χ1) is 22.4. The smallest absolute Gasteiger partial charge is 0.231 e. The molecule has 0 amide bonds. The molecule has 3 aromatic rings. The number of piperidine rings is 1. The van der Waals surface area contributed by atoms with Gasteiger partial charge in [-0.25, -0.2) is 14.6 Å². The lowest BCUT2D eigenvalue weighted by molar-refractivity contribution is -0.186. The maximum atomic E-state index is 6.38. The highest BCUT2D eigenvalue weighted by molar-refractivity contribution is 5.91. The van der Waals surface area contributed by atoms with Gasteiger partial charge in [0.15, 0.2) is 22.9 Å². The summed E-state index contributed by atoms with van der Waals surface area (Å²) < 4.78 is 20.9. The fourth-order valence-corrected chi connectivity index (χ4v) is 7.41. The van der Waals surface area contributed by atoms with Crippen molar-refractivity contribution < 1.29 is 14.0 Å². The van der Waals surface area contributed by atoms with E-state index in [1.165, 1.54) is 12.8 Å². The average molecular weight is 639 g/mol. The molecule has 3 aliphatic rings. The number of unbranched alkanes of at least 4 members (excludes halogenated alkanes) is 2. The van der Waals surface area contributed by atoms with E-state index in [1.54, 1.807) is 0 Å². The van der Waals surface area contributed by atoms with E-state index in [-0.39, 0.29) is 6.04 Å². The Morgan fingerprint density at radius 1 is 1.00 bits per heavy atom. The Balaban J connectivity index is 0.00000204. The maximum absolute atomic E-state index is 6.38. The van der Waals surface area contributed by atoms with Crippen LogP contribution in [0.3, 0.4) is 0 Å². The number of nitrogens with zero attached hydrogens (tertiary/aromatic N) is 7. The van der Waals surface area contributed by atoms with Crippen molar-refractivity contribution in [3.63, 3.8) is 0 Å². The number of aromatic nitrogens is 5. The van der Waals surface area contributed by atoms with E-state index >= 15 is 0 Å². The fourth-order valence-electron chi connectivity index (χ4n) is 7.41. The zero-order valence-electron chi connectivity index (χ0n) is 29.5. The van der Waals surface area contributed by atoms with Gasteiger partial charge in [-0.15, -0.1) is 0 Å². The molecular weight excluding hydrogens is 580 g/mol. The minimum atomic E-state index is -0.907. The van der Waals surface area contributed by atoms with Gasteiger partial charge in [0.05, 0.1) is 30.8 Å². The fraction of sp³-hybridized carbons (Fsp3) is 0.771. The van der Waals surface area contributed by atoms with E-state index in [1.807, 2.05) is 13.8 Å². The lowest BCUT2D eigenvalue weighted by atomic mass is 9.94. The second kappa shape index (κ2) is 15.5. The summed E-state index contributed by atoms with van der Waals surface area (Å²) in [6.07, 6.45) is 10.1. The summed E-state index contributed by atoms with van der Waals surface area (Å²) in [7, 11) is 2.21. The predicted molar refractivity (Wildman–Crippen MR) is 183 cm³/mol. The molecule has 0 radical (unpaired) electrons. The molecule has 2 unspecified atom stereocenters. The zero-order valence-corrected chi connectivity index (χ0v) is 29.5. The van der Waals surface area contributed by atoms with E-state index in [2.05, 4.69) is 49.2 Å². The van der Waals surface area contributed by atoms with Crippen LogP contribution in [-0.4, -0.2) is 81.8 Å². The highest BCUT2D eigenvalue weighted by Crippen LogP contribution is 2.42. The van der Waals surface area contributed by atoms with Crippen molar-refractivity contribution in [2.75, 3.05) is 44.8 Å². The second-order valence-electron chi connectivity index (χ2n) is 13.3. The summed E-state index contributed by atoms with van der Waals surface area (Å²) in [5, 5.41) is 10.8. The first-order valence-electron chi connectivity index (χ1n) is 18.1. The number of likely N-dealkylation sites (tertiary alicyclic amines) is 1. The minimum absolute atomic E-state index is 0.214. The van der Waals surface area contributed by atoms with Gasteiger partial charge in [-0.3, -0.25) is 0 Å².